The first-order valence-corrected chi connectivity index (χ1v) is 7.57. The molecule has 0 unspecified atom stereocenters. The average Bonchev–Trinajstić information content (AvgIpc) is 2.37. The summed E-state index contributed by atoms with van der Waals surface area (Å²) in [7, 11) is -5.52. The molecule has 0 aromatic carbocycles. The molecule has 1 heterocycles. The van der Waals surface area contributed by atoms with Crippen LogP contribution in [-0.2, 0) is 20.0 Å². The van der Waals surface area contributed by atoms with Crippen molar-refractivity contribution in [3.63, 3.8) is 0 Å². The zero-order valence-electron chi connectivity index (χ0n) is 9.54. The lowest BCUT2D eigenvalue weighted by Gasteiger charge is -2.07. The molecule has 1 rings (SSSR count). The van der Waals surface area contributed by atoms with Gasteiger partial charge in [-0.05, 0) is 20.2 Å². The van der Waals surface area contributed by atoms with E-state index in [1.165, 1.54) is 0 Å². The maximum absolute atomic E-state index is 11.6. The van der Waals surface area contributed by atoms with Gasteiger partial charge in [0, 0.05) is 6.20 Å². The fourth-order valence-corrected chi connectivity index (χ4v) is 2.76. The summed E-state index contributed by atoms with van der Waals surface area (Å²) in [6.45, 7) is 0. The standard InChI is InChI=1S/C8H11N3O5S2/c1-9-17(13,14)7-3-8(18(15,16)10-2)11-4-6(7)5-12/h3-5,9-10H,1-2H3. The summed E-state index contributed by atoms with van der Waals surface area (Å²) < 4.78 is 50.2. The van der Waals surface area contributed by atoms with Crippen molar-refractivity contribution in [3.05, 3.63) is 17.8 Å². The molecule has 0 saturated heterocycles. The van der Waals surface area contributed by atoms with Gasteiger partial charge >= 0.3 is 0 Å². The monoisotopic (exact) mass is 293 g/mol. The highest BCUT2D eigenvalue weighted by Gasteiger charge is 2.22. The van der Waals surface area contributed by atoms with Crippen LogP contribution < -0.4 is 9.44 Å². The van der Waals surface area contributed by atoms with Gasteiger partial charge < -0.3 is 0 Å². The molecule has 0 fully saturated rings. The Morgan fingerprint density at radius 1 is 1.11 bits per heavy atom. The lowest BCUT2D eigenvalue weighted by molar-refractivity contribution is 0.112. The van der Waals surface area contributed by atoms with Gasteiger partial charge in [0.25, 0.3) is 10.0 Å². The predicted octanol–water partition coefficient (Wildman–Crippen LogP) is -1.29. The van der Waals surface area contributed by atoms with E-state index in [4.69, 9.17) is 0 Å². The van der Waals surface area contributed by atoms with E-state index in [9.17, 15) is 21.6 Å². The van der Waals surface area contributed by atoms with Gasteiger partial charge in [-0.2, -0.15) is 0 Å². The number of hydrogen-bond acceptors (Lipinski definition) is 6. The number of nitrogens with one attached hydrogen (secondary N) is 2. The fourth-order valence-electron chi connectivity index (χ4n) is 1.11. The van der Waals surface area contributed by atoms with Crippen LogP contribution in [0.1, 0.15) is 10.4 Å². The van der Waals surface area contributed by atoms with Gasteiger partial charge in [0.1, 0.15) is 0 Å². The summed E-state index contributed by atoms with van der Waals surface area (Å²) in [6, 6.07) is 0.821. The highest BCUT2D eigenvalue weighted by atomic mass is 32.2. The topological polar surface area (TPSA) is 122 Å². The molecular weight excluding hydrogens is 282 g/mol. The Balaban J connectivity index is 3.60. The molecule has 0 amide bonds. The van der Waals surface area contributed by atoms with Crippen LogP contribution in [0.2, 0.25) is 0 Å². The van der Waals surface area contributed by atoms with Gasteiger partial charge in [0.15, 0.2) is 11.3 Å². The summed E-state index contributed by atoms with van der Waals surface area (Å²) in [4.78, 5) is 13.8. The van der Waals surface area contributed by atoms with Gasteiger partial charge in [-0.3, -0.25) is 4.79 Å². The van der Waals surface area contributed by atoms with Crippen molar-refractivity contribution in [1.82, 2.24) is 14.4 Å². The molecule has 0 atom stereocenters. The van der Waals surface area contributed by atoms with Crippen LogP contribution >= 0.6 is 0 Å². The largest absolute Gasteiger partial charge is 0.298 e. The predicted molar refractivity (Wildman–Crippen MR) is 62.1 cm³/mol. The zero-order valence-corrected chi connectivity index (χ0v) is 11.2. The molecule has 8 nitrogen and oxygen atoms in total. The Morgan fingerprint density at radius 3 is 2.11 bits per heavy atom. The molecular formula is C8H11N3O5S2. The summed E-state index contributed by atoms with van der Waals surface area (Å²) in [6.07, 6.45) is 1.18. The van der Waals surface area contributed by atoms with E-state index in [-0.39, 0.29) is 11.8 Å². The Hall–Kier alpha value is -1.36. The van der Waals surface area contributed by atoms with E-state index in [1.54, 1.807) is 0 Å². The minimum atomic E-state index is -3.95. The number of nitrogens with zero attached hydrogens (tertiary/aromatic N) is 1. The third-order valence-corrected chi connectivity index (χ3v) is 4.88. The first-order valence-electron chi connectivity index (χ1n) is 4.61. The number of carbonyl (C=O) groups is 1. The van der Waals surface area contributed by atoms with E-state index in [0.29, 0.717) is 0 Å². The number of pyridine rings is 1. The summed E-state index contributed by atoms with van der Waals surface area (Å²) in [5.74, 6) is 0. The van der Waals surface area contributed by atoms with Crippen LogP contribution in [0.25, 0.3) is 0 Å². The second-order valence-electron chi connectivity index (χ2n) is 3.09. The van der Waals surface area contributed by atoms with Crippen LogP contribution in [0.15, 0.2) is 22.2 Å². The minimum Gasteiger partial charge on any atom is -0.298 e. The Morgan fingerprint density at radius 2 is 1.67 bits per heavy atom. The quantitative estimate of drug-likeness (QED) is 0.651. The van der Waals surface area contributed by atoms with Gasteiger partial charge in [0.2, 0.25) is 10.0 Å². The summed E-state index contributed by atoms with van der Waals surface area (Å²) >= 11 is 0. The molecule has 0 aliphatic rings. The smallest absolute Gasteiger partial charge is 0.257 e. The Bertz CT molecular complexity index is 666. The Kier molecular flexibility index (Phi) is 4.16. The molecule has 1 aromatic rings. The number of hydrogen-bond donors (Lipinski definition) is 2. The fraction of sp³-hybridized carbons (Fsp3) is 0.250. The second-order valence-corrected chi connectivity index (χ2v) is 6.78. The first kappa shape index (κ1) is 14.7. The van der Waals surface area contributed by atoms with Gasteiger partial charge in [0.05, 0.1) is 10.5 Å². The van der Waals surface area contributed by atoms with Crippen molar-refractivity contribution in [2.24, 2.45) is 0 Å². The molecule has 0 radical (unpaired) electrons. The van der Waals surface area contributed by atoms with Gasteiger partial charge in [-0.15, -0.1) is 0 Å². The van der Waals surface area contributed by atoms with Crippen LogP contribution in [0.5, 0.6) is 0 Å². The molecule has 0 aliphatic heterocycles. The highest BCUT2D eigenvalue weighted by molar-refractivity contribution is 7.90. The van der Waals surface area contributed by atoms with Crippen molar-refractivity contribution < 1.29 is 21.6 Å². The molecule has 0 bridgehead atoms. The minimum absolute atomic E-state index is 0.223. The van der Waals surface area contributed by atoms with E-state index >= 15 is 0 Å². The zero-order chi connectivity index (χ0) is 14.0. The molecule has 100 valence electrons. The average molecular weight is 293 g/mol. The van der Waals surface area contributed by atoms with Crippen molar-refractivity contribution in [3.8, 4) is 0 Å². The van der Waals surface area contributed by atoms with Crippen LogP contribution in [0, 0.1) is 0 Å². The van der Waals surface area contributed by atoms with Crippen LogP contribution in [0.3, 0.4) is 0 Å². The molecule has 10 heteroatoms. The SMILES string of the molecule is CNS(=O)(=O)c1cc(S(=O)(=O)NC)c(C=O)cn1. The molecule has 0 aliphatic carbocycles. The van der Waals surface area contributed by atoms with Crippen LogP contribution in [0.4, 0.5) is 0 Å². The van der Waals surface area contributed by atoms with E-state index in [0.717, 1.165) is 26.4 Å². The lowest BCUT2D eigenvalue weighted by Crippen LogP contribution is -2.23. The highest BCUT2D eigenvalue weighted by Crippen LogP contribution is 2.16. The van der Waals surface area contributed by atoms with Crippen molar-refractivity contribution in [1.29, 1.82) is 0 Å². The maximum atomic E-state index is 11.6. The van der Waals surface area contributed by atoms with E-state index < -0.39 is 30.0 Å². The number of aldehydes is 1. The van der Waals surface area contributed by atoms with Gasteiger partial charge in [-0.1, -0.05) is 0 Å². The second kappa shape index (κ2) is 5.10. The molecule has 2 N–H and O–H groups in total. The molecule has 1 aromatic heterocycles. The third-order valence-electron chi connectivity index (χ3n) is 2.10. The summed E-state index contributed by atoms with van der Waals surface area (Å²) in [5, 5.41) is -0.482. The molecule has 18 heavy (non-hydrogen) atoms. The van der Waals surface area contributed by atoms with Crippen molar-refractivity contribution >= 4 is 26.3 Å². The first-order chi connectivity index (χ1) is 8.28. The Labute approximate surface area is 105 Å². The molecule has 0 spiro atoms. The van der Waals surface area contributed by atoms with Crippen molar-refractivity contribution in [2.75, 3.05) is 14.1 Å². The maximum Gasteiger partial charge on any atom is 0.257 e. The van der Waals surface area contributed by atoms with Crippen molar-refractivity contribution in [2.45, 2.75) is 9.92 Å². The number of aromatic nitrogens is 1. The number of rotatable bonds is 5. The van der Waals surface area contributed by atoms with Crippen LogP contribution in [-0.4, -0.2) is 42.2 Å². The van der Waals surface area contributed by atoms with Gasteiger partial charge in [-0.25, -0.2) is 31.3 Å². The molecule has 0 saturated carbocycles. The lowest BCUT2D eigenvalue weighted by atomic mass is 10.3. The van der Waals surface area contributed by atoms with E-state index in [1.807, 2.05) is 9.44 Å². The normalized spacial score (nSPS) is 12.3. The summed E-state index contributed by atoms with van der Waals surface area (Å²) in [5.41, 5.74) is -0.223. The third kappa shape index (κ3) is 2.72. The number of sulfonamides is 2. The van der Waals surface area contributed by atoms with E-state index in [2.05, 4.69) is 4.98 Å². The number of carbonyl (C=O) groups excluding carboxylic acids is 1.